The summed E-state index contributed by atoms with van der Waals surface area (Å²) in [7, 11) is 2.81. The van der Waals surface area contributed by atoms with Crippen molar-refractivity contribution in [2.45, 2.75) is 6.42 Å². The molecule has 0 saturated carbocycles. The zero-order valence-corrected chi connectivity index (χ0v) is 9.80. The van der Waals surface area contributed by atoms with Gasteiger partial charge in [-0.2, -0.15) is 0 Å². The maximum Gasteiger partial charge on any atom is 0.341 e. The average molecular weight is 234 g/mol. The molecule has 0 heterocycles. The van der Waals surface area contributed by atoms with Crippen LogP contribution in [-0.4, -0.2) is 26.5 Å². The molecule has 0 aliphatic rings. The molecule has 0 fully saturated rings. The lowest BCUT2D eigenvalue weighted by atomic mass is 10.1. The van der Waals surface area contributed by atoms with E-state index < -0.39 is 5.97 Å². The monoisotopic (exact) mass is 234 g/mol. The first-order valence-corrected chi connectivity index (χ1v) is 5.09. The van der Waals surface area contributed by atoms with Gasteiger partial charge in [-0.1, -0.05) is 18.2 Å². The van der Waals surface area contributed by atoms with Gasteiger partial charge in [0.2, 0.25) is 0 Å². The first-order chi connectivity index (χ1) is 8.22. The number of benzene rings is 1. The number of allylic oxidation sites excluding steroid dienone is 1. The summed E-state index contributed by atoms with van der Waals surface area (Å²) in [5, 5.41) is 0. The van der Waals surface area contributed by atoms with Gasteiger partial charge >= 0.3 is 5.97 Å². The number of rotatable bonds is 5. The molecule has 0 saturated heterocycles. The third kappa shape index (κ3) is 3.45. The van der Waals surface area contributed by atoms with Gasteiger partial charge in [-0.15, -0.1) is 0 Å². The lowest BCUT2D eigenvalue weighted by Gasteiger charge is -2.07. The molecule has 17 heavy (non-hydrogen) atoms. The van der Waals surface area contributed by atoms with E-state index in [2.05, 4.69) is 4.74 Å². The van der Waals surface area contributed by atoms with Crippen molar-refractivity contribution >= 4 is 18.3 Å². The van der Waals surface area contributed by atoms with Gasteiger partial charge in [0.15, 0.2) is 0 Å². The van der Waals surface area contributed by atoms with Crippen molar-refractivity contribution in [1.82, 2.24) is 0 Å². The molecule has 0 spiro atoms. The summed E-state index contributed by atoms with van der Waals surface area (Å²) in [5.41, 5.74) is 1.24. The molecule has 0 radical (unpaired) electrons. The molecule has 0 N–H and O–H groups in total. The zero-order chi connectivity index (χ0) is 12.7. The van der Waals surface area contributed by atoms with Gasteiger partial charge in [-0.3, -0.25) is 0 Å². The van der Waals surface area contributed by atoms with Crippen LogP contribution in [0.15, 0.2) is 24.3 Å². The summed E-state index contributed by atoms with van der Waals surface area (Å²) in [6.07, 6.45) is 4.70. The highest BCUT2D eigenvalue weighted by Crippen LogP contribution is 2.21. The smallest absolute Gasteiger partial charge is 0.341 e. The lowest BCUT2D eigenvalue weighted by molar-refractivity contribution is -0.107. The predicted molar refractivity (Wildman–Crippen MR) is 64.0 cm³/mol. The lowest BCUT2D eigenvalue weighted by Crippen LogP contribution is -2.03. The fourth-order valence-electron chi connectivity index (χ4n) is 1.35. The average Bonchev–Trinajstić information content (AvgIpc) is 2.38. The SMILES string of the molecule is COC(=O)c1ccc(C=CCC=O)cc1OC. The summed E-state index contributed by atoms with van der Waals surface area (Å²) >= 11 is 0. The first-order valence-electron chi connectivity index (χ1n) is 5.09. The van der Waals surface area contributed by atoms with Gasteiger partial charge in [-0.25, -0.2) is 4.79 Å². The fraction of sp³-hybridized carbons (Fsp3) is 0.231. The minimum absolute atomic E-state index is 0.362. The molecule has 0 aromatic heterocycles. The first kappa shape index (κ1) is 13.0. The van der Waals surface area contributed by atoms with Crippen molar-refractivity contribution in [2.24, 2.45) is 0 Å². The number of esters is 1. The number of carbonyl (C=O) groups is 2. The van der Waals surface area contributed by atoms with Crippen molar-refractivity contribution in [3.8, 4) is 5.75 Å². The minimum atomic E-state index is -0.440. The molecule has 0 aliphatic heterocycles. The van der Waals surface area contributed by atoms with Crippen molar-refractivity contribution in [2.75, 3.05) is 14.2 Å². The van der Waals surface area contributed by atoms with Crippen molar-refractivity contribution in [3.63, 3.8) is 0 Å². The highest BCUT2D eigenvalue weighted by Gasteiger charge is 2.12. The van der Waals surface area contributed by atoms with E-state index in [1.165, 1.54) is 14.2 Å². The molecule has 0 bridgehead atoms. The number of hydrogen-bond donors (Lipinski definition) is 0. The number of ether oxygens (including phenoxy) is 2. The molecule has 1 aromatic carbocycles. The Kier molecular flexibility index (Phi) is 4.94. The molecular weight excluding hydrogens is 220 g/mol. The fourth-order valence-corrected chi connectivity index (χ4v) is 1.35. The van der Waals surface area contributed by atoms with Crippen LogP contribution < -0.4 is 4.74 Å². The molecule has 4 nitrogen and oxygen atoms in total. The van der Waals surface area contributed by atoms with E-state index in [1.807, 2.05) is 0 Å². The second kappa shape index (κ2) is 6.48. The normalized spacial score (nSPS) is 10.2. The topological polar surface area (TPSA) is 52.6 Å². The molecule has 0 amide bonds. The van der Waals surface area contributed by atoms with Crippen LogP contribution in [0, 0.1) is 0 Å². The Morgan fingerprint density at radius 3 is 2.71 bits per heavy atom. The molecule has 1 aromatic rings. The predicted octanol–water partition coefficient (Wildman–Crippen LogP) is 2.08. The molecular formula is C13H14O4. The van der Waals surface area contributed by atoms with Gasteiger partial charge in [0, 0.05) is 6.42 Å². The summed E-state index contributed by atoms with van der Waals surface area (Å²) in [4.78, 5) is 21.6. The molecule has 0 aliphatic carbocycles. The van der Waals surface area contributed by atoms with E-state index in [0.29, 0.717) is 17.7 Å². The van der Waals surface area contributed by atoms with Crippen LogP contribution in [0.25, 0.3) is 6.08 Å². The van der Waals surface area contributed by atoms with Gasteiger partial charge in [-0.05, 0) is 17.7 Å². The van der Waals surface area contributed by atoms with Gasteiger partial charge in [0.25, 0.3) is 0 Å². The minimum Gasteiger partial charge on any atom is -0.496 e. The van der Waals surface area contributed by atoms with Crippen LogP contribution in [0.5, 0.6) is 5.75 Å². The van der Waals surface area contributed by atoms with Gasteiger partial charge in [0.05, 0.1) is 14.2 Å². The van der Waals surface area contributed by atoms with Crippen LogP contribution in [0.2, 0.25) is 0 Å². The highest BCUT2D eigenvalue weighted by atomic mass is 16.5. The third-order valence-electron chi connectivity index (χ3n) is 2.17. The zero-order valence-electron chi connectivity index (χ0n) is 9.80. The Morgan fingerprint density at radius 2 is 2.12 bits per heavy atom. The Balaban J connectivity index is 2.99. The number of methoxy groups -OCH3 is 2. The van der Waals surface area contributed by atoms with E-state index in [-0.39, 0.29) is 0 Å². The molecule has 90 valence electrons. The highest BCUT2D eigenvalue weighted by molar-refractivity contribution is 5.92. The molecule has 4 heteroatoms. The molecule has 0 unspecified atom stereocenters. The van der Waals surface area contributed by atoms with Crippen molar-refractivity contribution < 1.29 is 19.1 Å². The summed E-state index contributed by atoms with van der Waals surface area (Å²) in [6, 6.07) is 5.11. The maximum absolute atomic E-state index is 11.4. The Morgan fingerprint density at radius 1 is 1.35 bits per heavy atom. The van der Waals surface area contributed by atoms with E-state index in [1.54, 1.807) is 30.4 Å². The third-order valence-corrected chi connectivity index (χ3v) is 2.17. The largest absolute Gasteiger partial charge is 0.496 e. The summed E-state index contributed by atoms with van der Waals surface area (Å²) < 4.78 is 9.74. The van der Waals surface area contributed by atoms with E-state index >= 15 is 0 Å². The van der Waals surface area contributed by atoms with Crippen LogP contribution >= 0.6 is 0 Å². The van der Waals surface area contributed by atoms with Crippen molar-refractivity contribution in [1.29, 1.82) is 0 Å². The maximum atomic E-state index is 11.4. The quantitative estimate of drug-likeness (QED) is 0.578. The Hall–Kier alpha value is -2.10. The van der Waals surface area contributed by atoms with Crippen LogP contribution in [0.1, 0.15) is 22.3 Å². The standard InChI is InChI=1S/C13H14O4/c1-16-12-9-10(5-3-4-8-14)6-7-11(12)13(15)17-2/h3,5-9H,4H2,1-2H3. The van der Waals surface area contributed by atoms with E-state index in [0.717, 1.165) is 11.8 Å². The summed E-state index contributed by atoms with van der Waals surface area (Å²) in [5.74, 6) is 0.00961. The Labute approximate surface area is 99.8 Å². The molecule has 0 atom stereocenters. The number of carbonyl (C=O) groups excluding carboxylic acids is 2. The van der Waals surface area contributed by atoms with Crippen molar-refractivity contribution in [3.05, 3.63) is 35.4 Å². The Bertz CT molecular complexity index is 435. The molecule has 1 rings (SSSR count). The van der Waals surface area contributed by atoms with Gasteiger partial charge in [0.1, 0.15) is 17.6 Å². The second-order valence-corrected chi connectivity index (χ2v) is 3.26. The van der Waals surface area contributed by atoms with E-state index in [4.69, 9.17) is 4.74 Å². The number of aldehydes is 1. The van der Waals surface area contributed by atoms with E-state index in [9.17, 15) is 9.59 Å². The second-order valence-electron chi connectivity index (χ2n) is 3.26. The van der Waals surface area contributed by atoms with Crippen LogP contribution in [-0.2, 0) is 9.53 Å². The van der Waals surface area contributed by atoms with Crippen LogP contribution in [0.4, 0.5) is 0 Å². The van der Waals surface area contributed by atoms with Crippen LogP contribution in [0.3, 0.4) is 0 Å². The number of hydrogen-bond acceptors (Lipinski definition) is 4. The van der Waals surface area contributed by atoms with Gasteiger partial charge < -0.3 is 14.3 Å². The summed E-state index contributed by atoms with van der Waals surface area (Å²) in [6.45, 7) is 0.